The lowest BCUT2D eigenvalue weighted by molar-refractivity contribution is 0.0944. The Kier molecular flexibility index (Phi) is 8.26. The predicted octanol–water partition coefficient (Wildman–Crippen LogP) is 5.06. The van der Waals surface area contributed by atoms with E-state index in [1.807, 2.05) is 67.6 Å². The molecule has 0 saturated heterocycles. The average Bonchev–Trinajstić information content (AvgIpc) is 2.79. The van der Waals surface area contributed by atoms with Crippen molar-refractivity contribution >= 4 is 44.9 Å². The lowest BCUT2D eigenvalue weighted by Crippen LogP contribution is -2.43. The molecular formula is C23H22BrN3O3S. The van der Waals surface area contributed by atoms with E-state index in [0.717, 1.165) is 27.2 Å². The van der Waals surface area contributed by atoms with Crippen molar-refractivity contribution in [2.75, 3.05) is 11.9 Å². The number of anilines is 1. The molecule has 6 nitrogen and oxygen atoms in total. The summed E-state index contributed by atoms with van der Waals surface area (Å²) in [6.07, 6.45) is 0. The molecule has 0 fully saturated rings. The molecule has 3 N–H and O–H groups in total. The maximum absolute atomic E-state index is 12.3. The summed E-state index contributed by atoms with van der Waals surface area (Å²) in [5.74, 6) is 1.25. The van der Waals surface area contributed by atoms with E-state index in [0.29, 0.717) is 18.8 Å². The Hall–Kier alpha value is -3.10. The van der Waals surface area contributed by atoms with Gasteiger partial charge in [-0.15, -0.1) is 0 Å². The number of para-hydroxylation sites is 1. The molecule has 31 heavy (non-hydrogen) atoms. The van der Waals surface area contributed by atoms with Crippen LogP contribution in [-0.2, 0) is 6.61 Å². The molecule has 0 saturated carbocycles. The van der Waals surface area contributed by atoms with Crippen LogP contribution in [0.5, 0.6) is 11.5 Å². The Bertz CT molecular complexity index is 1030. The van der Waals surface area contributed by atoms with E-state index >= 15 is 0 Å². The first-order chi connectivity index (χ1) is 15.0. The van der Waals surface area contributed by atoms with Crippen molar-refractivity contribution in [3.05, 3.63) is 88.4 Å². The Morgan fingerprint density at radius 1 is 0.935 bits per heavy atom. The number of hydrazine groups is 1. The number of thiocarbonyl (C=S) groups is 1. The fourth-order valence-electron chi connectivity index (χ4n) is 2.62. The van der Waals surface area contributed by atoms with Gasteiger partial charge in [-0.2, -0.15) is 0 Å². The summed E-state index contributed by atoms with van der Waals surface area (Å²) in [6.45, 7) is 2.94. The maximum Gasteiger partial charge on any atom is 0.269 e. The monoisotopic (exact) mass is 499 g/mol. The molecule has 0 aliphatic carbocycles. The van der Waals surface area contributed by atoms with Gasteiger partial charge in [-0.3, -0.25) is 15.6 Å². The molecule has 3 aromatic carbocycles. The normalized spacial score (nSPS) is 10.1. The highest BCUT2D eigenvalue weighted by Gasteiger charge is 2.07. The molecular weight excluding hydrogens is 478 g/mol. The van der Waals surface area contributed by atoms with Crippen LogP contribution in [0.1, 0.15) is 22.8 Å². The molecule has 0 aliphatic heterocycles. The van der Waals surface area contributed by atoms with Crippen molar-refractivity contribution in [1.82, 2.24) is 10.9 Å². The molecule has 3 aromatic rings. The lowest BCUT2D eigenvalue weighted by atomic mass is 10.1. The fourth-order valence-corrected chi connectivity index (χ4v) is 3.19. The number of carbonyl (C=O) groups excluding carboxylic acids is 1. The number of carbonyl (C=O) groups is 1. The molecule has 0 atom stereocenters. The van der Waals surface area contributed by atoms with Gasteiger partial charge in [0.25, 0.3) is 5.91 Å². The third kappa shape index (κ3) is 6.97. The minimum atomic E-state index is -0.297. The summed E-state index contributed by atoms with van der Waals surface area (Å²) < 4.78 is 12.1. The first kappa shape index (κ1) is 22.6. The zero-order valence-electron chi connectivity index (χ0n) is 16.9. The number of nitrogens with one attached hydrogen (secondary N) is 3. The summed E-state index contributed by atoms with van der Waals surface area (Å²) in [5, 5.41) is 3.27. The van der Waals surface area contributed by atoms with Crippen molar-refractivity contribution in [3.8, 4) is 11.5 Å². The second kappa shape index (κ2) is 11.3. The number of hydrogen-bond donors (Lipinski definition) is 3. The van der Waals surface area contributed by atoms with Gasteiger partial charge in [-0.25, -0.2) is 0 Å². The second-order valence-corrected chi connectivity index (χ2v) is 7.67. The SMILES string of the molecule is CCOc1ccc(NC(=S)NNC(=O)c2ccc(COc3ccccc3Br)cc2)cc1. The first-order valence-corrected chi connectivity index (χ1v) is 10.8. The van der Waals surface area contributed by atoms with Crippen LogP contribution >= 0.6 is 28.1 Å². The van der Waals surface area contributed by atoms with E-state index in [-0.39, 0.29) is 11.0 Å². The molecule has 3 rings (SSSR count). The molecule has 0 bridgehead atoms. The fraction of sp³-hybridized carbons (Fsp3) is 0.130. The van der Waals surface area contributed by atoms with Crippen molar-refractivity contribution < 1.29 is 14.3 Å². The number of amides is 1. The zero-order chi connectivity index (χ0) is 22.1. The average molecular weight is 500 g/mol. The highest BCUT2D eigenvalue weighted by atomic mass is 79.9. The summed E-state index contributed by atoms with van der Waals surface area (Å²) in [7, 11) is 0. The molecule has 160 valence electrons. The summed E-state index contributed by atoms with van der Waals surface area (Å²) >= 11 is 8.67. The maximum atomic E-state index is 12.3. The highest BCUT2D eigenvalue weighted by molar-refractivity contribution is 9.10. The largest absolute Gasteiger partial charge is 0.494 e. The van der Waals surface area contributed by atoms with Gasteiger partial charge in [0, 0.05) is 11.3 Å². The van der Waals surface area contributed by atoms with E-state index in [4.69, 9.17) is 21.7 Å². The van der Waals surface area contributed by atoms with E-state index in [2.05, 4.69) is 32.1 Å². The lowest BCUT2D eigenvalue weighted by Gasteiger charge is -2.12. The van der Waals surface area contributed by atoms with Crippen molar-refractivity contribution in [2.45, 2.75) is 13.5 Å². The summed E-state index contributed by atoms with van der Waals surface area (Å²) in [5.41, 5.74) is 7.51. The summed E-state index contributed by atoms with van der Waals surface area (Å²) in [6, 6.07) is 22.2. The standard InChI is InChI=1S/C23H22BrN3O3S/c1-2-29-19-13-11-18(12-14-19)25-23(31)27-26-22(28)17-9-7-16(8-10-17)15-30-21-6-4-3-5-20(21)24/h3-14H,2,15H2,1H3,(H,26,28)(H2,25,27,31). The highest BCUT2D eigenvalue weighted by Crippen LogP contribution is 2.24. The number of benzene rings is 3. The van der Waals surface area contributed by atoms with Crippen LogP contribution in [0, 0.1) is 0 Å². The van der Waals surface area contributed by atoms with Gasteiger partial charge in [-0.05, 0) is 89.2 Å². The Morgan fingerprint density at radius 3 is 2.32 bits per heavy atom. The topological polar surface area (TPSA) is 71.6 Å². The molecule has 0 heterocycles. The van der Waals surface area contributed by atoms with E-state index < -0.39 is 0 Å². The van der Waals surface area contributed by atoms with Crippen LogP contribution < -0.4 is 25.6 Å². The smallest absolute Gasteiger partial charge is 0.269 e. The van der Waals surface area contributed by atoms with Gasteiger partial charge < -0.3 is 14.8 Å². The molecule has 8 heteroatoms. The van der Waals surface area contributed by atoms with Gasteiger partial charge in [0.15, 0.2) is 5.11 Å². The Labute approximate surface area is 195 Å². The van der Waals surface area contributed by atoms with Crippen LogP contribution in [0.3, 0.4) is 0 Å². The third-order valence-corrected chi connectivity index (χ3v) is 5.02. The van der Waals surface area contributed by atoms with Crippen LogP contribution in [-0.4, -0.2) is 17.6 Å². The van der Waals surface area contributed by atoms with Crippen molar-refractivity contribution in [3.63, 3.8) is 0 Å². The van der Waals surface area contributed by atoms with Crippen molar-refractivity contribution in [2.24, 2.45) is 0 Å². The molecule has 0 aromatic heterocycles. The van der Waals surface area contributed by atoms with Crippen LogP contribution in [0.25, 0.3) is 0 Å². The molecule has 1 amide bonds. The van der Waals surface area contributed by atoms with E-state index in [1.165, 1.54) is 0 Å². The number of rotatable bonds is 7. The quantitative estimate of drug-likeness (QED) is 0.311. The first-order valence-electron chi connectivity index (χ1n) is 9.61. The molecule has 0 aliphatic rings. The van der Waals surface area contributed by atoms with Gasteiger partial charge >= 0.3 is 0 Å². The van der Waals surface area contributed by atoms with Crippen LogP contribution in [0.15, 0.2) is 77.3 Å². The zero-order valence-corrected chi connectivity index (χ0v) is 19.3. The number of hydrogen-bond acceptors (Lipinski definition) is 4. The van der Waals surface area contributed by atoms with E-state index in [9.17, 15) is 4.79 Å². The minimum absolute atomic E-state index is 0.274. The van der Waals surface area contributed by atoms with E-state index in [1.54, 1.807) is 12.1 Å². The van der Waals surface area contributed by atoms with Gasteiger partial charge in [0.1, 0.15) is 18.1 Å². The minimum Gasteiger partial charge on any atom is -0.494 e. The molecule has 0 radical (unpaired) electrons. The number of halogens is 1. The van der Waals surface area contributed by atoms with Crippen LogP contribution in [0.4, 0.5) is 5.69 Å². The summed E-state index contributed by atoms with van der Waals surface area (Å²) in [4.78, 5) is 12.3. The Morgan fingerprint density at radius 2 is 1.65 bits per heavy atom. The molecule has 0 unspecified atom stereocenters. The van der Waals surface area contributed by atoms with Crippen molar-refractivity contribution in [1.29, 1.82) is 0 Å². The van der Waals surface area contributed by atoms with Gasteiger partial charge in [0.05, 0.1) is 11.1 Å². The van der Waals surface area contributed by atoms with Gasteiger partial charge in [-0.1, -0.05) is 24.3 Å². The molecule has 0 spiro atoms. The van der Waals surface area contributed by atoms with Crippen LogP contribution in [0.2, 0.25) is 0 Å². The Balaban J connectivity index is 1.45. The second-order valence-electron chi connectivity index (χ2n) is 6.41. The van der Waals surface area contributed by atoms with Gasteiger partial charge in [0.2, 0.25) is 0 Å². The number of ether oxygens (including phenoxy) is 2. The predicted molar refractivity (Wildman–Crippen MR) is 129 cm³/mol. The third-order valence-electron chi connectivity index (χ3n) is 4.16.